The molecule has 0 radical (unpaired) electrons. The van der Waals surface area contributed by atoms with Crippen LogP contribution in [0.1, 0.15) is 35.3 Å². The first kappa shape index (κ1) is 16.2. The van der Waals surface area contributed by atoms with Crippen molar-refractivity contribution >= 4 is 23.4 Å². The highest BCUT2D eigenvalue weighted by molar-refractivity contribution is 6.30. The lowest BCUT2D eigenvalue weighted by molar-refractivity contribution is 0.0593. The summed E-state index contributed by atoms with van der Waals surface area (Å²) in [6, 6.07) is 11.2. The topological polar surface area (TPSA) is 64.1 Å². The summed E-state index contributed by atoms with van der Waals surface area (Å²) >= 11 is 5.91. The predicted molar refractivity (Wildman–Crippen MR) is 86.3 cm³/mol. The summed E-state index contributed by atoms with van der Waals surface area (Å²) < 4.78 is 4.59. The van der Waals surface area contributed by atoms with Gasteiger partial charge in [0.2, 0.25) is 0 Å². The number of esters is 1. The van der Waals surface area contributed by atoms with E-state index in [0.717, 1.165) is 18.0 Å². The zero-order valence-corrected chi connectivity index (χ0v) is 13.3. The second-order valence-electron chi connectivity index (χ2n) is 4.83. The van der Waals surface area contributed by atoms with E-state index in [-0.39, 0.29) is 5.69 Å². The Bertz CT molecular complexity index is 614. The zero-order chi connectivity index (χ0) is 15.9. The number of rotatable bonds is 6. The Labute approximate surface area is 134 Å². The minimum absolute atomic E-state index is 0.192. The van der Waals surface area contributed by atoms with Gasteiger partial charge in [0, 0.05) is 17.5 Å². The van der Waals surface area contributed by atoms with Crippen LogP contribution in [0.5, 0.6) is 0 Å². The molecule has 0 saturated heterocycles. The molecule has 6 heteroatoms. The molecule has 1 unspecified atom stereocenters. The standard InChI is InChI=1S/C16H18ClN3O2/c1-3-11(12-4-6-13(17)7-5-12)10-18-15-9-8-14(19-20-15)16(21)22-2/h4-9,11H,3,10H2,1-2H3,(H,18,20). The van der Waals surface area contributed by atoms with E-state index in [9.17, 15) is 4.79 Å². The average Bonchev–Trinajstić information content (AvgIpc) is 2.56. The third-order valence-corrected chi connectivity index (χ3v) is 3.67. The van der Waals surface area contributed by atoms with Crippen LogP contribution < -0.4 is 5.32 Å². The first-order chi connectivity index (χ1) is 10.6. The molecule has 1 heterocycles. The molecular formula is C16H18ClN3O2. The van der Waals surface area contributed by atoms with Gasteiger partial charge in [0.1, 0.15) is 5.82 Å². The number of benzene rings is 1. The molecule has 1 atom stereocenters. The van der Waals surface area contributed by atoms with Crippen molar-refractivity contribution in [1.82, 2.24) is 10.2 Å². The molecule has 0 saturated carbocycles. The van der Waals surface area contributed by atoms with Crippen LogP contribution in [0.15, 0.2) is 36.4 Å². The summed E-state index contributed by atoms with van der Waals surface area (Å²) in [4.78, 5) is 11.3. The van der Waals surface area contributed by atoms with Gasteiger partial charge in [-0.15, -0.1) is 10.2 Å². The number of carbonyl (C=O) groups excluding carboxylic acids is 1. The fraction of sp³-hybridized carbons (Fsp3) is 0.312. The van der Waals surface area contributed by atoms with Crippen molar-refractivity contribution in [2.75, 3.05) is 19.0 Å². The van der Waals surface area contributed by atoms with Gasteiger partial charge in [0.05, 0.1) is 7.11 Å². The van der Waals surface area contributed by atoms with Crippen molar-refractivity contribution in [3.8, 4) is 0 Å². The summed E-state index contributed by atoms with van der Waals surface area (Å²) in [6.07, 6.45) is 0.988. The second-order valence-corrected chi connectivity index (χ2v) is 5.27. The number of hydrogen-bond acceptors (Lipinski definition) is 5. The van der Waals surface area contributed by atoms with E-state index in [1.165, 1.54) is 12.7 Å². The molecule has 1 aromatic heterocycles. The summed E-state index contributed by atoms with van der Waals surface area (Å²) in [7, 11) is 1.31. The highest BCUT2D eigenvalue weighted by Crippen LogP contribution is 2.21. The molecule has 0 spiro atoms. The van der Waals surface area contributed by atoms with Crippen molar-refractivity contribution in [3.63, 3.8) is 0 Å². The van der Waals surface area contributed by atoms with Crippen LogP contribution in [0.25, 0.3) is 0 Å². The van der Waals surface area contributed by atoms with E-state index in [4.69, 9.17) is 11.6 Å². The number of ether oxygens (including phenoxy) is 1. The molecule has 22 heavy (non-hydrogen) atoms. The molecule has 0 amide bonds. The second kappa shape index (κ2) is 7.75. The number of carbonyl (C=O) groups is 1. The summed E-state index contributed by atoms with van der Waals surface area (Å²) in [5.74, 6) is 0.478. The minimum atomic E-state index is -0.494. The van der Waals surface area contributed by atoms with Crippen LogP contribution in [-0.4, -0.2) is 29.8 Å². The SMILES string of the molecule is CCC(CNc1ccc(C(=O)OC)nn1)c1ccc(Cl)cc1. The van der Waals surface area contributed by atoms with Crippen molar-refractivity contribution in [2.45, 2.75) is 19.3 Å². The molecule has 0 bridgehead atoms. The van der Waals surface area contributed by atoms with Gasteiger partial charge in [-0.1, -0.05) is 30.7 Å². The summed E-state index contributed by atoms with van der Waals surface area (Å²) in [5.41, 5.74) is 1.41. The van der Waals surface area contributed by atoms with Crippen LogP contribution in [0.3, 0.4) is 0 Å². The molecule has 0 aliphatic rings. The smallest absolute Gasteiger partial charge is 0.358 e. The molecule has 116 valence electrons. The van der Waals surface area contributed by atoms with Crippen LogP contribution in [0, 0.1) is 0 Å². The van der Waals surface area contributed by atoms with E-state index in [2.05, 4.69) is 27.2 Å². The Kier molecular flexibility index (Phi) is 5.72. The number of halogens is 1. The van der Waals surface area contributed by atoms with Crippen molar-refractivity contribution in [2.24, 2.45) is 0 Å². The van der Waals surface area contributed by atoms with E-state index in [0.29, 0.717) is 11.7 Å². The average molecular weight is 320 g/mol. The molecule has 0 fully saturated rings. The summed E-state index contributed by atoms with van der Waals surface area (Å²) in [6.45, 7) is 2.86. The first-order valence-electron chi connectivity index (χ1n) is 7.05. The Hall–Kier alpha value is -2.14. The van der Waals surface area contributed by atoms with Gasteiger partial charge in [-0.2, -0.15) is 0 Å². The van der Waals surface area contributed by atoms with E-state index >= 15 is 0 Å². The van der Waals surface area contributed by atoms with Gasteiger partial charge < -0.3 is 10.1 Å². The maximum atomic E-state index is 11.3. The monoisotopic (exact) mass is 319 g/mol. The molecule has 1 aromatic carbocycles. The Morgan fingerprint density at radius 3 is 2.50 bits per heavy atom. The van der Waals surface area contributed by atoms with Crippen molar-refractivity contribution < 1.29 is 9.53 Å². The van der Waals surface area contributed by atoms with E-state index in [1.54, 1.807) is 12.1 Å². The molecule has 1 N–H and O–H groups in total. The highest BCUT2D eigenvalue weighted by Gasteiger charge is 2.11. The molecule has 2 aromatic rings. The maximum absolute atomic E-state index is 11.3. The number of anilines is 1. The van der Waals surface area contributed by atoms with Gasteiger partial charge in [-0.05, 0) is 36.2 Å². The predicted octanol–water partition coefficient (Wildman–Crippen LogP) is 3.52. The largest absolute Gasteiger partial charge is 0.464 e. The normalized spacial score (nSPS) is 11.8. The lowest BCUT2D eigenvalue weighted by Crippen LogP contribution is -2.14. The number of aromatic nitrogens is 2. The number of nitrogens with zero attached hydrogens (tertiary/aromatic N) is 2. The molecule has 0 aliphatic carbocycles. The molecule has 2 rings (SSSR count). The molecular weight excluding hydrogens is 302 g/mol. The quantitative estimate of drug-likeness (QED) is 0.825. The van der Waals surface area contributed by atoms with Crippen molar-refractivity contribution in [1.29, 1.82) is 0 Å². The van der Waals surface area contributed by atoms with Crippen LogP contribution in [0.4, 0.5) is 5.82 Å². The van der Waals surface area contributed by atoms with Gasteiger partial charge in [-0.3, -0.25) is 0 Å². The molecule has 0 aliphatic heterocycles. The van der Waals surface area contributed by atoms with Gasteiger partial charge in [0.25, 0.3) is 0 Å². The van der Waals surface area contributed by atoms with Crippen LogP contribution in [0.2, 0.25) is 5.02 Å². The lowest BCUT2D eigenvalue weighted by Gasteiger charge is -2.16. The van der Waals surface area contributed by atoms with Gasteiger partial charge >= 0.3 is 5.97 Å². The van der Waals surface area contributed by atoms with Crippen molar-refractivity contribution in [3.05, 3.63) is 52.7 Å². The fourth-order valence-corrected chi connectivity index (χ4v) is 2.23. The fourth-order valence-electron chi connectivity index (χ4n) is 2.10. The minimum Gasteiger partial charge on any atom is -0.464 e. The van der Waals surface area contributed by atoms with E-state index in [1.807, 2.05) is 24.3 Å². The third-order valence-electron chi connectivity index (χ3n) is 3.42. The highest BCUT2D eigenvalue weighted by atomic mass is 35.5. The zero-order valence-electron chi connectivity index (χ0n) is 12.5. The van der Waals surface area contributed by atoms with Crippen LogP contribution >= 0.6 is 11.6 Å². The molecule has 5 nitrogen and oxygen atoms in total. The number of hydrogen-bond donors (Lipinski definition) is 1. The Balaban J connectivity index is 1.98. The number of methoxy groups -OCH3 is 1. The van der Waals surface area contributed by atoms with E-state index < -0.39 is 5.97 Å². The lowest BCUT2D eigenvalue weighted by atomic mass is 9.96. The van der Waals surface area contributed by atoms with Gasteiger partial charge in [0.15, 0.2) is 5.69 Å². The maximum Gasteiger partial charge on any atom is 0.358 e. The Morgan fingerprint density at radius 2 is 1.95 bits per heavy atom. The first-order valence-corrected chi connectivity index (χ1v) is 7.43. The van der Waals surface area contributed by atoms with Gasteiger partial charge in [-0.25, -0.2) is 4.79 Å². The number of nitrogens with one attached hydrogen (secondary N) is 1. The third kappa shape index (κ3) is 4.18. The van der Waals surface area contributed by atoms with Crippen LogP contribution in [-0.2, 0) is 4.74 Å². The Morgan fingerprint density at radius 1 is 1.23 bits per heavy atom. The summed E-state index contributed by atoms with van der Waals surface area (Å²) in [5, 5.41) is 11.8.